The molecule has 2 amide bonds. The van der Waals surface area contributed by atoms with Crippen molar-refractivity contribution in [1.29, 1.82) is 0 Å². The highest BCUT2D eigenvalue weighted by molar-refractivity contribution is 6.24. The average Bonchev–Trinajstić information content (AvgIpc) is 3.08. The first-order chi connectivity index (χ1) is 15.3. The van der Waals surface area contributed by atoms with Gasteiger partial charge in [-0.3, -0.25) is 14.4 Å². The number of amides is 2. The number of imide groups is 1. The molecule has 0 saturated carbocycles. The third-order valence-corrected chi connectivity index (χ3v) is 8.17. The van der Waals surface area contributed by atoms with E-state index in [2.05, 4.69) is 38.1 Å². The van der Waals surface area contributed by atoms with Gasteiger partial charge in [0.1, 0.15) is 0 Å². The second kappa shape index (κ2) is 6.04. The van der Waals surface area contributed by atoms with Crippen LogP contribution in [0.25, 0.3) is 0 Å². The Balaban J connectivity index is 1.60. The van der Waals surface area contributed by atoms with Gasteiger partial charge in [0.25, 0.3) is 0 Å². The maximum atomic E-state index is 14.0. The molecule has 32 heavy (non-hydrogen) atoms. The Labute approximate surface area is 186 Å². The molecule has 3 aromatic carbocycles. The maximum absolute atomic E-state index is 14.0. The van der Waals surface area contributed by atoms with Gasteiger partial charge in [0, 0.05) is 16.4 Å². The Hall–Kier alpha value is -3.53. The van der Waals surface area contributed by atoms with Crippen molar-refractivity contribution in [1.82, 2.24) is 0 Å². The van der Waals surface area contributed by atoms with Crippen molar-refractivity contribution in [2.45, 2.75) is 31.6 Å². The number of carbonyl (C=O) groups excluding carboxylic acids is 3. The molecule has 0 radical (unpaired) electrons. The smallest absolute Gasteiger partial charge is 0.238 e. The zero-order valence-corrected chi connectivity index (χ0v) is 18.3. The number of ketones is 1. The summed E-state index contributed by atoms with van der Waals surface area (Å²) in [4.78, 5) is 41.0. The number of hydrogen-bond acceptors (Lipinski definition) is 3. The summed E-state index contributed by atoms with van der Waals surface area (Å²) in [5, 5.41) is 0. The van der Waals surface area contributed by atoms with E-state index >= 15 is 0 Å². The van der Waals surface area contributed by atoms with Crippen LogP contribution >= 0.6 is 0 Å². The fraction of sp³-hybridized carbons (Fsp3) is 0.250. The van der Waals surface area contributed by atoms with Crippen LogP contribution in [0.15, 0.2) is 72.8 Å². The Morgan fingerprint density at radius 2 is 1.06 bits per heavy atom. The summed E-state index contributed by atoms with van der Waals surface area (Å²) < 4.78 is 0. The summed E-state index contributed by atoms with van der Waals surface area (Å²) in [5.41, 5.74) is 4.46. The van der Waals surface area contributed by atoms with Crippen molar-refractivity contribution < 1.29 is 14.4 Å². The van der Waals surface area contributed by atoms with Crippen LogP contribution in [0.4, 0.5) is 5.69 Å². The van der Waals surface area contributed by atoms with Gasteiger partial charge < -0.3 is 0 Å². The van der Waals surface area contributed by atoms with Crippen LogP contribution in [0.1, 0.15) is 53.4 Å². The van der Waals surface area contributed by atoms with Crippen molar-refractivity contribution in [2.24, 2.45) is 11.8 Å². The number of Topliss-reactive ketones (excluding diaryl/α,β-unsaturated/α-hetero) is 1. The third kappa shape index (κ3) is 2.01. The quantitative estimate of drug-likeness (QED) is 0.448. The lowest BCUT2D eigenvalue weighted by Crippen LogP contribution is -2.59. The molecule has 4 aliphatic rings. The van der Waals surface area contributed by atoms with Crippen molar-refractivity contribution in [3.63, 3.8) is 0 Å². The lowest BCUT2D eigenvalue weighted by molar-refractivity contribution is -0.124. The Bertz CT molecular complexity index is 1220. The number of hydrogen-bond donors (Lipinski definition) is 0. The molecular formula is C28H23NO3. The van der Waals surface area contributed by atoms with E-state index in [1.807, 2.05) is 24.3 Å². The standard InChI is InChI=1S/C28H23NO3/c1-16(30)17-12-14-18(15-13-17)29-25(31)23-24(26(29)32)28(3)21-10-6-4-8-19(21)27(23,2)20-9-5-7-11-22(20)28/h4-15,23-24H,1-3H3. The number of rotatable bonds is 2. The van der Waals surface area contributed by atoms with Crippen LogP contribution in [0.2, 0.25) is 0 Å². The van der Waals surface area contributed by atoms with Crippen molar-refractivity contribution in [3.05, 3.63) is 101 Å². The third-order valence-electron chi connectivity index (χ3n) is 8.17. The molecule has 0 aromatic heterocycles. The van der Waals surface area contributed by atoms with Gasteiger partial charge in [-0.05, 0) is 53.4 Å². The minimum absolute atomic E-state index is 0.0479. The highest BCUT2D eigenvalue weighted by atomic mass is 16.2. The molecule has 0 N–H and O–H groups in total. The highest BCUT2D eigenvalue weighted by Gasteiger charge is 2.70. The summed E-state index contributed by atoms with van der Waals surface area (Å²) in [6, 6.07) is 23.3. The molecule has 4 nitrogen and oxygen atoms in total. The minimum atomic E-state index is -0.587. The molecule has 4 heteroatoms. The number of anilines is 1. The zero-order valence-electron chi connectivity index (χ0n) is 18.3. The molecule has 3 aliphatic carbocycles. The van der Waals surface area contributed by atoms with Gasteiger partial charge in [-0.15, -0.1) is 0 Å². The van der Waals surface area contributed by atoms with Crippen LogP contribution in [0.5, 0.6) is 0 Å². The fourth-order valence-corrected chi connectivity index (χ4v) is 6.67. The van der Waals surface area contributed by atoms with Gasteiger partial charge in [-0.2, -0.15) is 0 Å². The minimum Gasteiger partial charge on any atom is -0.295 e. The van der Waals surface area contributed by atoms with E-state index in [9.17, 15) is 14.4 Å². The molecule has 7 rings (SSSR count). The van der Waals surface area contributed by atoms with Crippen LogP contribution in [0, 0.1) is 11.8 Å². The molecule has 1 heterocycles. The van der Waals surface area contributed by atoms with Crippen molar-refractivity contribution in [2.75, 3.05) is 4.90 Å². The lowest BCUT2D eigenvalue weighted by Gasteiger charge is -2.57. The van der Waals surface area contributed by atoms with E-state index < -0.39 is 22.7 Å². The van der Waals surface area contributed by atoms with Crippen LogP contribution in [-0.2, 0) is 20.4 Å². The largest absolute Gasteiger partial charge is 0.295 e. The summed E-state index contributed by atoms with van der Waals surface area (Å²) in [6.07, 6.45) is 0. The first-order valence-electron chi connectivity index (χ1n) is 11.0. The normalized spacial score (nSPS) is 29.5. The van der Waals surface area contributed by atoms with Crippen molar-refractivity contribution in [3.8, 4) is 0 Å². The summed E-state index contributed by atoms with van der Waals surface area (Å²) >= 11 is 0. The van der Waals surface area contributed by atoms with E-state index in [1.54, 1.807) is 24.3 Å². The highest BCUT2D eigenvalue weighted by Crippen LogP contribution is 2.66. The van der Waals surface area contributed by atoms with Crippen LogP contribution < -0.4 is 4.90 Å². The second-order valence-electron chi connectivity index (χ2n) is 9.57. The monoisotopic (exact) mass is 421 g/mol. The maximum Gasteiger partial charge on any atom is 0.238 e. The summed E-state index contributed by atoms with van der Waals surface area (Å²) in [7, 11) is 0. The van der Waals surface area contributed by atoms with Gasteiger partial charge in [0.15, 0.2) is 5.78 Å². The second-order valence-corrected chi connectivity index (χ2v) is 9.57. The fourth-order valence-electron chi connectivity index (χ4n) is 6.67. The molecule has 2 unspecified atom stereocenters. The average molecular weight is 421 g/mol. The molecular weight excluding hydrogens is 398 g/mol. The van der Waals surface area contributed by atoms with Gasteiger partial charge in [-0.1, -0.05) is 62.4 Å². The van der Waals surface area contributed by atoms with E-state index in [0.29, 0.717) is 11.3 Å². The topological polar surface area (TPSA) is 54.5 Å². The molecule has 1 fully saturated rings. The van der Waals surface area contributed by atoms with E-state index in [4.69, 9.17) is 0 Å². The Morgan fingerprint density at radius 3 is 1.41 bits per heavy atom. The van der Waals surface area contributed by atoms with E-state index in [1.165, 1.54) is 11.8 Å². The van der Waals surface area contributed by atoms with Crippen LogP contribution in [-0.4, -0.2) is 17.6 Å². The van der Waals surface area contributed by atoms with Gasteiger partial charge in [0.2, 0.25) is 11.8 Å². The Morgan fingerprint density at radius 1 is 0.688 bits per heavy atom. The molecule has 2 bridgehead atoms. The molecule has 2 atom stereocenters. The lowest BCUT2D eigenvalue weighted by atomic mass is 9.42. The SMILES string of the molecule is CC(=O)c1ccc(N2C(=O)C3C(C2=O)C2(C)c4ccccc4C3(C)c3ccccc32)cc1. The first-order valence-corrected chi connectivity index (χ1v) is 11.0. The number of carbonyl (C=O) groups is 3. The van der Waals surface area contributed by atoms with Crippen molar-refractivity contribution >= 4 is 23.3 Å². The summed E-state index contributed by atoms with van der Waals surface area (Å²) in [5.74, 6) is -1.32. The molecule has 1 saturated heterocycles. The first kappa shape index (κ1) is 19.2. The van der Waals surface area contributed by atoms with E-state index in [-0.39, 0.29) is 17.6 Å². The molecule has 0 spiro atoms. The Kier molecular flexibility index (Phi) is 3.62. The van der Waals surface area contributed by atoms with Gasteiger partial charge in [-0.25, -0.2) is 4.90 Å². The zero-order chi connectivity index (χ0) is 22.4. The van der Waals surface area contributed by atoms with Gasteiger partial charge >= 0.3 is 0 Å². The summed E-state index contributed by atoms with van der Waals surface area (Å²) in [6.45, 7) is 5.74. The number of nitrogens with zero attached hydrogens (tertiary/aromatic N) is 1. The molecule has 3 aromatic rings. The molecule has 158 valence electrons. The van der Waals surface area contributed by atoms with Gasteiger partial charge in [0.05, 0.1) is 17.5 Å². The number of benzene rings is 3. The predicted octanol–water partition coefficient (Wildman–Crippen LogP) is 4.63. The van der Waals surface area contributed by atoms with E-state index in [0.717, 1.165) is 22.3 Å². The van der Waals surface area contributed by atoms with Crippen LogP contribution in [0.3, 0.4) is 0 Å². The predicted molar refractivity (Wildman–Crippen MR) is 122 cm³/mol. The molecule has 1 aliphatic heterocycles.